The SMILES string of the molecule is CCCCOCCOCCOCCOCCOCCOCCO.O=S(=O)(O)O. The molecule has 0 bridgehead atoms. The van der Waals surface area contributed by atoms with Crippen LogP contribution in [0.15, 0.2) is 0 Å². The van der Waals surface area contributed by atoms with E-state index in [1.54, 1.807) is 0 Å². The Kier molecular flexibility index (Phi) is 26.2. The highest BCUT2D eigenvalue weighted by Gasteiger charge is 1.94. The Morgan fingerprint density at radius 2 is 0.821 bits per heavy atom. The van der Waals surface area contributed by atoms with E-state index in [1.165, 1.54) is 0 Å². The molecule has 12 heteroatoms. The van der Waals surface area contributed by atoms with Crippen LogP contribution in [-0.4, -0.2) is 109 Å². The van der Waals surface area contributed by atoms with Gasteiger partial charge in [0.25, 0.3) is 0 Å². The first-order valence-electron chi connectivity index (χ1n) is 9.19. The average molecular weight is 437 g/mol. The molecule has 0 aliphatic carbocycles. The number of hydrogen-bond donors (Lipinski definition) is 3. The molecule has 0 heterocycles. The summed E-state index contributed by atoms with van der Waals surface area (Å²) in [6, 6.07) is 0. The summed E-state index contributed by atoms with van der Waals surface area (Å²) in [6.45, 7) is 8.93. The fourth-order valence-corrected chi connectivity index (χ4v) is 1.51. The highest BCUT2D eigenvalue weighted by molar-refractivity contribution is 7.79. The lowest BCUT2D eigenvalue weighted by Crippen LogP contribution is -2.14. The Morgan fingerprint density at radius 3 is 1.07 bits per heavy atom. The summed E-state index contributed by atoms with van der Waals surface area (Å²) < 4.78 is 63.4. The first-order chi connectivity index (χ1) is 13.4. The van der Waals surface area contributed by atoms with Crippen LogP contribution in [-0.2, 0) is 38.8 Å². The van der Waals surface area contributed by atoms with Gasteiger partial charge in [0.05, 0.1) is 79.3 Å². The molecule has 0 saturated heterocycles. The van der Waals surface area contributed by atoms with Crippen molar-refractivity contribution >= 4 is 10.4 Å². The Bertz CT molecular complexity index is 351. The van der Waals surface area contributed by atoms with E-state index in [0.717, 1.165) is 19.4 Å². The van der Waals surface area contributed by atoms with Gasteiger partial charge in [-0.1, -0.05) is 13.3 Å². The molecule has 28 heavy (non-hydrogen) atoms. The van der Waals surface area contributed by atoms with Crippen molar-refractivity contribution in [3.8, 4) is 0 Å². The molecule has 0 aromatic heterocycles. The molecule has 0 radical (unpaired) electrons. The molecule has 0 saturated carbocycles. The van der Waals surface area contributed by atoms with E-state index >= 15 is 0 Å². The van der Waals surface area contributed by atoms with Gasteiger partial charge in [0.15, 0.2) is 0 Å². The minimum atomic E-state index is -4.67. The maximum absolute atomic E-state index is 8.74. The topological polar surface area (TPSA) is 150 Å². The molecule has 0 amide bonds. The van der Waals surface area contributed by atoms with Gasteiger partial charge in [-0.05, 0) is 6.42 Å². The van der Waals surface area contributed by atoms with Crippen LogP contribution in [0.1, 0.15) is 19.8 Å². The smallest absolute Gasteiger partial charge is 0.394 e. The summed E-state index contributed by atoms with van der Waals surface area (Å²) >= 11 is 0. The lowest BCUT2D eigenvalue weighted by atomic mass is 10.4. The van der Waals surface area contributed by atoms with Crippen molar-refractivity contribution in [2.75, 3.05) is 85.9 Å². The van der Waals surface area contributed by atoms with Crippen LogP contribution < -0.4 is 0 Å². The van der Waals surface area contributed by atoms with Gasteiger partial charge in [0.2, 0.25) is 0 Å². The van der Waals surface area contributed by atoms with E-state index in [9.17, 15) is 0 Å². The van der Waals surface area contributed by atoms with Crippen LogP contribution in [0.2, 0.25) is 0 Å². The van der Waals surface area contributed by atoms with Crippen molar-refractivity contribution in [1.29, 1.82) is 0 Å². The summed E-state index contributed by atoms with van der Waals surface area (Å²) in [6.07, 6.45) is 2.26. The molecule has 0 unspecified atom stereocenters. The van der Waals surface area contributed by atoms with E-state index in [-0.39, 0.29) is 6.61 Å². The molecule has 0 spiro atoms. The van der Waals surface area contributed by atoms with E-state index in [0.29, 0.717) is 72.7 Å². The molecule has 0 aliphatic rings. The normalized spacial score (nSPS) is 11.3. The second-order valence-electron chi connectivity index (χ2n) is 5.20. The van der Waals surface area contributed by atoms with Crippen LogP contribution in [0.25, 0.3) is 0 Å². The quantitative estimate of drug-likeness (QED) is 0.178. The molecule has 0 aliphatic heterocycles. The molecular weight excluding hydrogens is 400 g/mol. The zero-order valence-corrected chi connectivity index (χ0v) is 17.4. The zero-order valence-electron chi connectivity index (χ0n) is 16.6. The summed E-state index contributed by atoms with van der Waals surface area (Å²) in [5.41, 5.74) is 0. The van der Waals surface area contributed by atoms with E-state index in [4.69, 9.17) is 51.1 Å². The predicted octanol–water partition coefficient (Wildman–Crippen LogP) is 0.226. The van der Waals surface area contributed by atoms with Crippen molar-refractivity contribution < 1.29 is 51.1 Å². The number of hydrogen-bond acceptors (Lipinski definition) is 9. The van der Waals surface area contributed by atoms with Gasteiger partial charge in [-0.3, -0.25) is 9.11 Å². The fourth-order valence-electron chi connectivity index (χ4n) is 1.51. The van der Waals surface area contributed by atoms with Gasteiger partial charge in [-0.25, -0.2) is 0 Å². The Balaban J connectivity index is 0. The molecule has 0 atom stereocenters. The Hall–Kier alpha value is -0.410. The van der Waals surface area contributed by atoms with Crippen molar-refractivity contribution in [2.45, 2.75) is 19.8 Å². The van der Waals surface area contributed by atoms with E-state index < -0.39 is 10.4 Å². The van der Waals surface area contributed by atoms with Crippen LogP contribution in [0.3, 0.4) is 0 Å². The van der Waals surface area contributed by atoms with Crippen molar-refractivity contribution in [2.24, 2.45) is 0 Å². The second-order valence-corrected chi connectivity index (χ2v) is 6.09. The van der Waals surface area contributed by atoms with Gasteiger partial charge in [-0.15, -0.1) is 0 Å². The Labute approximate surface area is 167 Å². The standard InChI is InChI=1S/C16H34O7.H2O4S/c1-2-3-5-18-7-9-20-11-13-22-15-16-23-14-12-21-10-8-19-6-4-17;1-5(2,3)4/h17H,2-16H2,1H3;(H2,1,2,3,4). The summed E-state index contributed by atoms with van der Waals surface area (Å²) in [5, 5.41) is 8.50. The summed E-state index contributed by atoms with van der Waals surface area (Å²) in [4.78, 5) is 0. The largest absolute Gasteiger partial charge is 0.394 e. The van der Waals surface area contributed by atoms with Crippen LogP contribution in [0, 0.1) is 0 Å². The van der Waals surface area contributed by atoms with Crippen molar-refractivity contribution in [3.05, 3.63) is 0 Å². The third-order valence-corrected chi connectivity index (χ3v) is 2.74. The third-order valence-electron chi connectivity index (χ3n) is 2.74. The fraction of sp³-hybridized carbons (Fsp3) is 1.00. The maximum atomic E-state index is 8.74. The van der Waals surface area contributed by atoms with E-state index in [2.05, 4.69) is 6.92 Å². The minimum absolute atomic E-state index is 0.0425. The zero-order chi connectivity index (χ0) is 21.3. The molecule has 11 nitrogen and oxygen atoms in total. The lowest BCUT2D eigenvalue weighted by Gasteiger charge is -2.08. The molecule has 0 rings (SSSR count). The highest BCUT2D eigenvalue weighted by Crippen LogP contribution is 1.88. The number of rotatable bonds is 20. The highest BCUT2D eigenvalue weighted by atomic mass is 32.3. The van der Waals surface area contributed by atoms with Gasteiger partial charge in [0.1, 0.15) is 0 Å². The molecule has 172 valence electrons. The molecule has 0 fully saturated rings. The summed E-state index contributed by atoms with van der Waals surface area (Å²) in [7, 11) is -4.67. The third kappa shape index (κ3) is 40.3. The minimum Gasteiger partial charge on any atom is -0.394 e. The lowest BCUT2D eigenvalue weighted by molar-refractivity contribution is -0.0182. The van der Waals surface area contributed by atoms with Gasteiger partial charge in [-0.2, -0.15) is 8.42 Å². The molecular formula is C16H36O11S. The van der Waals surface area contributed by atoms with E-state index in [1.807, 2.05) is 0 Å². The average Bonchev–Trinajstić information content (AvgIpc) is 2.62. The Morgan fingerprint density at radius 1 is 0.571 bits per heavy atom. The molecule has 3 N–H and O–H groups in total. The molecule has 0 aromatic rings. The predicted molar refractivity (Wildman–Crippen MR) is 101 cm³/mol. The summed E-state index contributed by atoms with van der Waals surface area (Å²) in [5.74, 6) is 0. The van der Waals surface area contributed by atoms with Gasteiger partial charge in [0, 0.05) is 6.61 Å². The second kappa shape index (κ2) is 24.6. The van der Waals surface area contributed by atoms with Crippen molar-refractivity contribution in [3.63, 3.8) is 0 Å². The molecule has 0 aromatic carbocycles. The number of aliphatic hydroxyl groups is 1. The first-order valence-corrected chi connectivity index (χ1v) is 10.6. The van der Waals surface area contributed by atoms with Crippen LogP contribution in [0.4, 0.5) is 0 Å². The monoisotopic (exact) mass is 436 g/mol. The van der Waals surface area contributed by atoms with Crippen molar-refractivity contribution in [1.82, 2.24) is 0 Å². The number of unbranched alkanes of at least 4 members (excludes halogenated alkanes) is 1. The number of ether oxygens (including phenoxy) is 6. The van der Waals surface area contributed by atoms with Gasteiger partial charge >= 0.3 is 10.4 Å². The number of aliphatic hydroxyl groups excluding tert-OH is 1. The van der Waals surface area contributed by atoms with Gasteiger partial charge < -0.3 is 33.5 Å². The van der Waals surface area contributed by atoms with Crippen LogP contribution >= 0.6 is 0 Å². The van der Waals surface area contributed by atoms with Crippen LogP contribution in [0.5, 0.6) is 0 Å². The maximum Gasteiger partial charge on any atom is 0.394 e. The first kappa shape index (κ1) is 29.8.